The maximum absolute atomic E-state index is 12.8. The van der Waals surface area contributed by atoms with Crippen LogP contribution in [0.5, 0.6) is 11.5 Å². The number of methoxy groups -OCH3 is 2. The number of halogens is 3. The molecule has 5 nitrogen and oxygen atoms in total. The van der Waals surface area contributed by atoms with Gasteiger partial charge in [0.2, 0.25) is 0 Å². The van der Waals surface area contributed by atoms with Crippen molar-refractivity contribution in [2.24, 2.45) is 0 Å². The molecule has 0 aliphatic heterocycles. The standard InChI is InChI=1S/C15H16F3N3O2/c1-9-20-13(15(16,17)18)7-14(21-9)19-8-10-4-11(22-2)6-12(5-10)23-3/h4-7H,8H2,1-3H3,(H,19,20,21). The fourth-order valence-corrected chi connectivity index (χ4v) is 1.96. The first-order valence-electron chi connectivity index (χ1n) is 6.70. The minimum atomic E-state index is -4.51. The number of alkyl halides is 3. The molecule has 0 amide bonds. The first-order chi connectivity index (χ1) is 10.8. The number of aromatic nitrogens is 2. The summed E-state index contributed by atoms with van der Waals surface area (Å²) in [6.07, 6.45) is -4.51. The Balaban J connectivity index is 2.19. The van der Waals surface area contributed by atoms with Crippen LogP contribution in [0.25, 0.3) is 0 Å². The molecule has 23 heavy (non-hydrogen) atoms. The molecule has 1 aromatic carbocycles. The predicted octanol–water partition coefficient (Wildman–Crippen LogP) is 3.43. The summed E-state index contributed by atoms with van der Waals surface area (Å²) < 4.78 is 48.6. The van der Waals surface area contributed by atoms with Gasteiger partial charge in [-0.1, -0.05) is 0 Å². The van der Waals surface area contributed by atoms with Gasteiger partial charge in [-0.25, -0.2) is 9.97 Å². The van der Waals surface area contributed by atoms with Crippen LogP contribution in [0.15, 0.2) is 24.3 Å². The van der Waals surface area contributed by atoms with Crippen LogP contribution >= 0.6 is 0 Å². The minimum Gasteiger partial charge on any atom is -0.497 e. The van der Waals surface area contributed by atoms with E-state index < -0.39 is 11.9 Å². The molecule has 2 rings (SSSR count). The Labute approximate surface area is 131 Å². The zero-order chi connectivity index (χ0) is 17.0. The molecule has 0 fully saturated rings. The number of nitrogens with zero attached hydrogens (tertiary/aromatic N) is 2. The van der Waals surface area contributed by atoms with Crippen LogP contribution in [0.3, 0.4) is 0 Å². The molecule has 1 N–H and O–H groups in total. The van der Waals surface area contributed by atoms with Crippen LogP contribution < -0.4 is 14.8 Å². The molecule has 0 aliphatic carbocycles. The molecule has 0 saturated heterocycles. The smallest absolute Gasteiger partial charge is 0.433 e. The van der Waals surface area contributed by atoms with Gasteiger partial charge in [0.25, 0.3) is 0 Å². The average Bonchev–Trinajstić information content (AvgIpc) is 2.51. The second kappa shape index (κ2) is 6.72. The molecule has 2 aromatic rings. The van der Waals surface area contributed by atoms with Crippen LogP contribution in [0.1, 0.15) is 17.1 Å². The zero-order valence-electron chi connectivity index (χ0n) is 12.9. The lowest BCUT2D eigenvalue weighted by Gasteiger charge is -2.12. The number of hydrogen-bond acceptors (Lipinski definition) is 5. The maximum Gasteiger partial charge on any atom is 0.433 e. The van der Waals surface area contributed by atoms with Gasteiger partial charge in [0.1, 0.15) is 28.8 Å². The van der Waals surface area contributed by atoms with Crippen LogP contribution in [0.4, 0.5) is 19.0 Å². The van der Waals surface area contributed by atoms with E-state index in [4.69, 9.17) is 9.47 Å². The Morgan fingerprint density at radius 3 is 2.13 bits per heavy atom. The van der Waals surface area contributed by atoms with Crippen molar-refractivity contribution in [1.29, 1.82) is 0 Å². The molecule has 0 radical (unpaired) electrons. The van der Waals surface area contributed by atoms with E-state index in [-0.39, 0.29) is 18.2 Å². The minimum absolute atomic E-state index is 0.0468. The van der Waals surface area contributed by atoms with Crippen molar-refractivity contribution in [2.75, 3.05) is 19.5 Å². The van der Waals surface area contributed by atoms with E-state index >= 15 is 0 Å². The molecule has 0 spiro atoms. The highest BCUT2D eigenvalue weighted by Crippen LogP contribution is 2.29. The van der Waals surface area contributed by atoms with Crippen LogP contribution in [0.2, 0.25) is 0 Å². The monoisotopic (exact) mass is 327 g/mol. The van der Waals surface area contributed by atoms with Gasteiger partial charge in [-0.3, -0.25) is 0 Å². The van der Waals surface area contributed by atoms with E-state index in [2.05, 4.69) is 15.3 Å². The van der Waals surface area contributed by atoms with Gasteiger partial charge in [0.15, 0.2) is 0 Å². The Morgan fingerprint density at radius 1 is 1.00 bits per heavy atom. The topological polar surface area (TPSA) is 56.3 Å². The lowest BCUT2D eigenvalue weighted by atomic mass is 10.2. The third-order valence-electron chi connectivity index (χ3n) is 3.01. The quantitative estimate of drug-likeness (QED) is 0.912. The molecule has 8 heteroatoms. The van der Waals surface area contributed by atoms with E-state index in [0.717, 1.165) is 11.6 Å². The van der Waals surface area contributed by atoms with Crippen LogP contribution in [-0.2, 0) is 12.7 Å². The Bertz CT molecular complexity index is 668. The van der Waals surface area contributed by atoms with Crippen molar-refractivity contribution in [3.63, 3.8) is 0 Å². The van der Waals surface area contributed by atoms with Crippen molar-refractivity contribution in [2.45, 2.75) is 19.6 Å². The highest BCUT2D eigenvalue weighted by atomic mass is 19.4. The number of hydrogen-bond donors (Lipinski definition) is 1. The molecule has 0 bridgehead atoms. The third-order valence-corrected chi connectivity index (χ3v) is 3.01. The Morgan fingerprint density at radius 2 is 1.61 bits per heavy atom. The molecule has 1 heterocycles. The predicted molar refractivity (Wildman–Crippen MR) is 78.6 cm³/mol. The maximum atomic E-state index is 12.8. The van der Waals surface area contributed by atoms with E-state index in [1.54, 1.807) is 18.2 Å². The second-order valence-electron chi connectivity index (χ2n) is 4.76. The summed E-state index contributed by atoms with van der Waals surface area (Å²) in [7, 11) is 3.05. The lowest BCUT2D eigenvalue weighted by Crippen LogP contribution is -2.12. The van der Waals surface area contributed by atoms with Crippen molar-refractivity contribution in [1.82, 2.24) is 9.97 Å². The summed E-state index contributed by atoms with van der Waals surface area (Å²) in [6, 6.07) is 6.10. The summed E-state index contributed by atoms with van der Waals surface area (Å²) in [5.74, 6) is 1.34. The molecule has 0 unspecified atom stereocenters. The van der Waals surface area contributed by atoms with Gasteiger partial charge in [0, 0.05) is 18.7 Å². The average molecular weight is 327 g/mol. The van der Waals surface area contributed by atoms with Crippen molar-refractivity contribution >= 4 is 5.82 Å². The van der Waals surface area contributed by atoms with Gasteiger partial charge in [-0.2, -0.15) is 13.2 Å². The summed E-state index contributed by atoms with van der Waals surface area (Å²) >= 11 is 0. The van der Waals surface area contributed by atoms with Crippen molar-refractivity contribution < 1.29 is 22.6 Å². The summed E-state index contributed by atoms with van der Waals surface area (Å²) in [5.41, 5.74) is -0.193. The third kappa shape index (κ3) is 4.48. The lowest BCUT2D eigenvalue weighted by molar-refractivity contribution is -0.141. The number of benzene rings is 1. The Kier molecular flexibility index (Phi) is 4.92. The molecular weight excluding hydrogens is 311 g/mol. The number of rotatable bonds is 5. The zero-order valence-corrected chi connectivity index (χ0v) is 12.9. The molecule has 124 valence electrons. The Hall–Kier alpha value is -2.51. The molecular formula is C15H16F3N3O2. The number of aryl methyl sites for hydroxylation is 1. The van der Waals surface area contributed by atoms with Crippen LogP contribution in [0, 0.1) is 6.92 Å². The summed E-state index contributed by atoms with van der Waals surface area (Å²) in [6.45, 7) is 1.68. The number of anilines is 1. The number of ether oxygens (including phenoxy) is 2. The van der Waals surface area contributed by atoms with Gasteiger partial charge in [-0.15, -0.1) is 0 Å². The molecule has 0 saturated carbocycles. The van der Waals surface area contributed by atoms with Gasteiger partial charge >= 0.3 is 6.18 Å². The van der Waals surface area contributed by atoms with Crippen molar-refractivity contribution in [3.8, 4) is 11.5 Å². The van der Waals surface area contributed by atoms with E-state index in [1.165, 1.54) is 21.1 Å². The van der Waals surface area contributed by atoms with E-state index in [0.29, 0.717) is 11.5 Å². The molecule has 1 aromatic heterocycles. The molecule has 0 aliphatic rings. The van der Waals surface area contributed by atoms with E-state index in [1.807, 2.05) is 0 Å². The highest BCUT2D eigenvalue weighted by molar-refractivity contribution is 5.42. The fourth-order valence-electron chi connectivity index (χ4n) is 1.96. The SMILES string of the molecule is COc1cc(CNc2cc(C(F)(F)F)nc(C)n2)cc(OC)c1. The molecule has 0 atom stereocenters. The fraction of sp³-hybridized carbons (Fsp3) is 0.333. The first kappa shape index (κ1) is 16.9. The summed E-state index contributed by atoms with van der Waals surface area (Å²) in [4.78, 5) is 7.36. The van der Waals surface area contributed by atoms with Crippen LogP contribution in [-0.4, -0.2) is 24.2 Å². The first-order valence-corrected chi connectivity index (χ1v) is 6.70. The van der Waals surface area contributed by atoms with Gasteiger partial charge in [-0.05, 0) is 24.6 Å². The van der Waals surface area contributed by atoms with Gasteiger partial charge < -0.3 is 14.8 Å². The second-order valence-corrected chi connectivity index (χ2v) is 4.76. The van der Waals surface area contributed by atoms with Gasteiger partial charge in [0.05, 0.1) is 14.2 Å². The number of nitrogens with one attached hydrogen (secondary N) is 1. The highest BCUT2D eigenvalue weighted by Gasteiger charge is 2.33. The van der Waals surface area contributed by atoms with Crippen molar-refractivity contribution in [3.05, 3.63) is 41.3 Å². The largest absolute Gasteiger partial charge is 0.497 e. The normalized spacial score (nSPS) is 11.2. The van der Waals surface area contributed by atoms with E-state index in [9.17, 15) is 13.2 Å². The summed E-state index contributed by atoms with van der Waals surface area (Å²) in [5, 5.41) is 2.85.